The summed E-state index contributed by atoms with van der Waals surface area (Å²) < 4.78 is 41.1. The number of amides is 1. The summed E-state index contributed by atoms with van der Waals surface area (Å²) in [6.45, 7) is 3.36. The van der Waals surface area contributed by atoms with E-state index in [1.54, 1.807) is 29.2 Å². The molecule has 1 N–H and O–H groups in total. The lowest BCUT2D eigenvalue weighted by Crippen LogP contribution is -2.48. The van der Waals surface area contributed by atoms with Gasteiger partial charge in [-0.15, -0.1) is 0 Å². The predicted molar refractivity (Wildman–Crippen MR) is 131 cm³/mol. The first kappa shape index (κ1) is 23.7. The molecular weight excluding hydrogens is 453 g/mol. The molecule has 0 aliphatic carbocycles. The highest BCUT2D eigenvalue weighted by Gasteiger charge is 2.25. The van der Waals surface area contributed by atoms with Crippen LogP contribution in [0.15, 0.2) is 89.8 Å². The van der Waals surface area contributed by atoms with Crippen LogP contribution in [0.5, 0.6) is 0 Å². The van der Waals surface area contributed by atoms with E-state index in [-0.39, 0.29) is 22.1 Å². The molecule has 6 nitrogen and oxygen atoms in total. The number of carbonyl (C=O) groups is 1. The highest BCUT2D eigenvalue weighted by Crippen LogP contribution is 2.22. The van der Waals surface area contributed by atoms with Gasteiger partial charge in [0.15, 0.2) is 0 Å². The van der Waals surface area contributed by atoms with E-state index < -0.39 is 15.8 Å². The van der Waals surface area contributed by atoms with Gasteiger partial charge in [-0.25, -0.2) is 12.8 Å². The maximum Gasteiger partial charge on any atom is 0.261 e. The number of nitrogens with one attached hydrogen (secondary N) is 1. The summed E-state index contributed by atoms with van der Waals surface area (Å²) in [5.41, 5.74) is 1.63. The van der Waals surface area contributed by atoms with Gasteiger partial charge in [-0.1, -0.05) is 54.6 Å². The quantitative estimate of drug-likeness (QED) is 0.554. The van der Waals surface area contributed by atoms with Gasteiger partial charge < -0.3 is 4.90 Å². The van der Waals surface area contributed by atoms with Crippen LogP contribution in [0.4, 0.5) is 10.1 Å². The van der Waals surface area contributed by atoms with Crippen LogP contribution in [0.3, 0.4) is 0 Å². The molecule has 0 unspecified atom stereocenters. The smallest absolute Gasteiger partial charge is 0.261 e. The molecule has 0 atom stereocenters. The molecule has 8 heteroatoms. The molecule has 1 amide bonds. The van der Waals surface area contributed by atoms with Gasteiger partial charge in [0.2, 0.25) is 0 Å². The first-order valence-electron chi connectivity index (χ1n) is 11.0. The minimum Gasteiger partial charge on any atom is -0.336 e. The molecule has 176 valence electrons. The largest absolute Gasteiger partial charge is 0.336 e. The molecule has 1 saturated heterocycles. The number of para-hydroxylation sites is 1. The van der Waals surface area contributed by atoms with E-state index in [1.807, 2.05) is 18.2 Å². The second-order valence-electron chi connectivity index (χ2n) is 8.01. The highest BCUT2D eigenvalue weighted by molar-refractivity contribution is 7.92. The Labute approximate surface area is 199 Å². The Morgan fingerprint density at radius 3 is 2.24 bits per heavy atom. The van der Waals surface area contributed by atoms with Crippen molar-refractivity contribution in [1.29, 1.82) is 0 Å². The van der Waals surface area contributed by atoms with Crippen LogP contribution in [0.1, 0.15) is 15.9 Å². The molecule has 1 fully saturated rings. The van der Waals surface area contributed by atoms with Crippen LogP contribution >= 0.6 is 0 Å². The fourth-order valence-electron chi connectivity index (χ4n) is 3.78. The second kappa shape index (κ2) is 10.6. The molecule has 34 heavy (non-hydrogen) atoms. The van der Waals surface area contributed by atoms with Gasteiger partial charge in [-0.3, -0.25) is 14.4 Å². The van der Waals surface area contributed by atoms with E-state index >= 15 is 0 Å². The van der Waals surface area contributed by atoms with Gasteiger partial charge in [0.05, 0.1) is 16.1 Å². The molecule has 4 rings (SSSR count). The SMILES string of the molecule is O=C(c1ccccc1NS(=O)(=O)c1ccc(F)cc1)N1CCN(C/C=C/c2ccccc2)CC1. The minimum absolute atomic E-state index is 0.0756. The summed E-state index contributed by atoms with van der Waals surface area (Å²) in [6.07, 6.45) is 4.20. The van der Waals surface area contributed by atoms with Crippen LogP contribution in [-0.2, 0) is 10.0 Å². The third kappa shape index (κ3) is 5.89. The normalized spacial score (nSPS) is 14.9. The Morgan fingerprint density at radius 2 is 1.53 bits per heavy atom. The third-order valence-electron chi connectivity index (χ3n) is 5.66. The molecular formula is C26H26FN3O3S. The van der Waals surface area contributed by atoms with Crippen molar-refractivity contribution in [3.8, 4) is 0 Å². The summed E-state index contributed by atoms with van der Waals surface area (Å²) in [5.74, 6) is -0.749. The molecule has 1 aliphatic heterocycles. The Bertz CT molecular complexity index is 1250. The van der Waals surface area contributed by atoms with Crippen molar-refractivity contribution in [1.82, 2.24) is 9.80 Å². The lowest BCUT2D eigenvalue weighted by atomic mass is 10.1. The van der Waals surface area contributed by atoms with Crippen molar-refractivity contribution >= 4 is 27.7 Å². The Morgan fingerprint density at radius 1 is 0.882 bits per heavy atom. The monoisotopic (exact) mass is 479 g/mol. The Balaban J connectivity index is 1.38. The topological polar surface area (TPSA) is 69.7 Å². The lowest BCUT2D eigenvalue weighted by Gasteiger charge is -2.34. The number of sulfonamides is 1. The average molecular weight is 480 g/mol. The number of hydrogen-bond acceptors (Lipinski definition) is 4. The third-order valence-corrected chi connectivity index (χ3v) is 7.04. The lowest BCUT2D eigenvalue weighted by molar-refractivity contribution is 0.0651. The molecule has 1 aliphatic rings. The number of piperazine rings is 1. The van der Waals surface area contributed by atoms with Crippen LogP contribution in [0, 0.1) is 5.82 Å². The van der Waals surface area contributed by atoms with Gasteiger partial charge in [-0.05, 0) is 42.0 Å². The van der Waals surface area contributed by atoms with Gasteiger partial charge in [0.25, 0.3) is 15.9 Å². The minimum atomic E-state index is -3.96. The molecule has 3 aromatic rings. The number of benzene rings is 3. The number of halogens is 1. The number of hydrogen-bond donors (Lipinski definition) is 1. The Hall–Kier alpha value is -3.49. The zero-order valence-corrected chi connectivity index (χ0v) is 19.4. The van der Waals surface area contributed by atoms with E-state index in [0.29, 0.717) is 13.1 Å². The van der Waals surface area contributed by atoms with Crippen molar-refractivity contribution in [2.45, 2.75) is 4.90 Å². The maximum atomic E-state index is 13.2. The van der Waals surface area contributed by atoms with Crippen molar-refractivity contribution < 1.29 is 17.6 Å². The molecule has 0 radical (unpaired) electrons. The van der Waals surface area contributed by atoms with Crippen molar-refractivity contribution in [3.63, 3.8) is 0 Å². The molecule has 0 spiro atoms. The summed E-state index contributed by atoms with van der Waals surface area (Å²) in [6, 6.07) is 21.2. The Kier molecular flexibility index (Phi) is 7.40. The number of anilines is 1. The van der Waals surface area contributed by atoms with Gasteiger partial charge >= 0.3 is 0 Å². The van der Waals surface area contributed by atoms with Crippen LogP contribution in [0.2, 0.25) is 0 Å². The average Bonchev–Trinajstić information content (AvgIpc) is 2.85. The first-order valence-corrected chi connectivity index (χ1v) is 12.5. The van der Waals surface area contributed by atoms with Crippen LogP contribution < -0.4 is 4.72 Å². The molecule has 0 saturated carbocycles. The van der Waals surface area contributed by atoms with Crippen molar-refractivity contribution in [2.24, 2.45) is 0 Å². The predicted octanol–water partition coefficient (Wildman–Crippen LogP) is 4.10. The number of rotatable bonds is 7. The second-order valence-corrected chi connectivity index (χ2v) is 9.69. The fourth-order valence-corrected chi connectivity index (χ4v) is 4.86. The van der Waals surface area contributed by atoms with Crippen molar-refractivity contribution in [2.75, 3.05) is 37.4 Å². The first-order chi connectivity index (χ1) is 16.4. The van der Waals surface area contributed by atoms with E-state index in [1.165, 1.54) is 12.1 Å². The number of nitrogens with zero attached hydrogens (tertiary/aromatic N) is 2. The van der Waals surface area contributed by atoms with Crippen LogP contribution in [0.25, 0.3) is 6.08 Å². The van der Waals surface area contributed by atoms with Crippen molar-refractivity contribution in [3.05, 3.63) is 102 Å². The molecule has 1 heterocycles. The summed E-state index contributed by atoms with van der Waals surface area (Å²) >= 11 is 0. The molecule has 0 bridgehead atoms. The van der Waals surface area contributed by atoms with Gasteiger partial charge in [0.1, 0.15) is 5.82 Å². The van der Waals surface area contributed by atoms with Gasteiger partial charge in [-0.2, -0.15) is 0 Å². The van der Waals surface area contributed by atoms with E-state index in [0.717, 1.165) is 37.3 Å². The highest BCUT2D eigenvalue weighted by atomic mass is 32.2. The molecule has 3 aromatic carbocycles. The van der Waals surface area contributed by atoms with E-state index in [9.17, 15) is 17.6 Å². The number of carbonyl (C=O) groups excluding carboxylic acids is 1. The summed E-state index contributed by atoms with van der Waals surface area (Å²) in [5, 5.41) is 0. The molecule has 0 aromatic heterocycles. The summed E-state index contributed by atoms with van der Waals surface area (Å²) in [4.78, 5) is 17.1. The van der Waals surface area contributed by atoms with Gasteiger partial charge in [0, 0.05) is 32.7 Å². The van der Waals surface area contributed by atoms with E-state index in [2.05, 4.69) is 33.9 Å². The zero-order chi connectivity index (χ0) is 24.0. The van der Waals surface area contributed by atoms with E-state index in [4.69, 9.17) is 0 Å². The summed E-state index contributed by atoms with van der Waals surface area (Å²) in [7, 11) is -3.96. The fraction of sp³-hybridized carbons (Fsp3) is 0.192. The zero-order valence-electron chi connectivity index (χ0n) is 18.6. The van der Waals surface area contributed by atoms with Crippen LogP contribution in [-0.4, -0.2) is 56.8 Å². The standard InChI is InChI=1S/C26H26FN3O3S/c27-22-12-14-23(15-13-22)34(32,33)28-25-11-5-4-10-24(25)26(31)30-19-17-29(18-20-30)16-6-9-21-7-2-1-3-8-21/h1-15,28H,16-20H2/b9-6+. The maximum absolute atomic E-state index is 13.2.